The van der Waals surface area contributed by atoms with E-state index in [1.165, 1.54) is 44.1 Å². The Hall–Kier alpha value is -1.58. The van der Waals surface area contributed by atoms with E-state index in [4.69, 9.17) is 15.0 Å². The molecule has 0 spiro atoms. The Labute approximate surface area is 171 Å². The summed E-state index contributed by atoms with van der Waals surface area (Å²) in [5.74, 6) is 0.301. The van der Waals surface area contributed by atoms with Gasteiger partial charge in [-0.25, -0.2) is 0 Å². The molecule has 0 aromatic rings. The van der Waals surface area contributed by atoms with E-state index >= 15 is 0 Å². The number of carbonyl (C=O) groups is 2. The molecule has 1 unspecified atom stereocenters. The van der Waals surface area contributed by atoms with Gasteiger partial charge < -0.3 is 10.2 Å². The molecule has 0 bridgehead atoms. The molecule has 0 radical (unpaired) electrons. The van der Waals surface area contributed by atoms with Gasteiger partial charge in [-0.2, -0.15) is 0 Å². The standard InChI is InChI=1S/C22H36O2.C2H4O2/c1-16(8-6-9-20(23)24)10-12-18-17(2)11-13-19-21(3,4)14-7-15-22(18,19)5;1-2(3)4/h6,8,16,18-19H,2,7,9-15H2,1,3-5H3,(H,23,24);1H3,(H,3,4)/b8-6+;/t16?,18-,19-,22+;/m0./s1. The summed E-state index contributed by atoms with van der Waals surface area (Å²) in [7, 11) is 0. The van der Waals surface area contributed by atoms with Gasteiger partial charge in [0.25, 0.3) is 5.97 Å². The summed E-state index contributed by atoms with van der Waals surface area (Å²) >= 11 is 0. The van der Waals surface area contributed by atoms with E-state index in [1.54, 1.807) is 6.08 Å². The Kier molecular flexibility index (Phi) is 8.97. The lowest BCUT2D eigenvalue weighted by Crippen LogP contribution is -2.49. The average molecular weight is 393 g/mol. The fourth-order valence-corrected chi connectivity index (χ4v) is 5.73. The molecule has 0 amide bonds. The molecule has 2 fully saturated rings. The van der Waals surface area contributed by atoms with Crippen molar-refractivity contribution in [2.24, 2.45) is 28.6 Å². The van der Waals surface area contributed by atoms with Gasteiger partial charge in [-0.15, -0.1) is 0 Å². The molecule has 2 saturated carbocycles. The number of allylic oxidation sites excluding steroid dienone is 2. The van der Waals surface area contributed by atoms with Crippen molar-refractivity contribution in [2.45, 2.75) is 86.0 Å². The second-order valence-electron chi connectivity index (χ2n) is 9.75. The first-order valence-electron chi connectivity index (χ1n) is 10.7. The quantitative estimate of drug-likeness (QED) is 0.518. The van der Waals surface area contributed by atoms with Crippen LogP contribution in [0.1, 0.15) is 86.0 Å². The Morgan fingerprint density at radius 2 is 1.86 bits per heavy atom. The lowest BCUT2D eigenvalue weighted by atomic mass is 9.47. The summed E-state index contributed by atoms with van der Waals surface area (Å²) in [5, 5.41) is 16.2. The van der Waals surface area contributed by atoms with Crippen LogP contribution in [-0.2, 0) is 9.59 Å². The molecule has 4 heteroatoms. The molecular weight excluding hydrogens is 352 g/mol. The number of fused-ring (bicyclic) bond motifs is 1. The normalized spacial score (nSPS) is 30.1. The fourth-order valence-electron chi connectivity index (χ4n) is 5.73. The number of hydrogen-bond acceptors (Lipinski definition) is 2. The van der Waals surface area contributed by atoms with Crippen LogP contribution in [-0.4, -0.2) is 22.2 Å². The molecule has 4 atom stereocenters. The van der Waals surface area contributed by atoms with Crippen LogP contribution in [0.5, 0.6) is 0 Å². The molecule has 0 aromatic heterocycles. The van der Waals surface area contributed by atoms with Crippen LogP contribution >= 0.6 is 0 Å². The van der Waals surface area contributed by atoms with Crippen molar-refractivity contribution in [3.05, 3.63) is 24.3 Å². The predicted molar refractivity (Wildman–Crippen MR) is 114 cm³/mol. The Morgan fingerprint density at radius 3 is 2.43 bits per heavy atom. The largest absolute Gasteiger partial charge is 0.481 e. The van der Waals surface area contributed by atoms with Crippen molar-refractivity contribution in [1.82, 2.24) is 0 Å². The van der Waals surface area contributed by atoms with Crippen molar-refractivity contribution in [3.8, 4) is 0 Å². The second-order valence-corrected chi connectivity index (χ2v) is 9.75. The first-order chi connectivity index (χ1) is 12.9. The van der Waals surface area contributed by atoms with Gasteiger partial charge in [0, 0.05) is 6.92 Å². The Bertz CT molecular complexity index is 585. The SMILES string of the molecule is C=C1CC[C@H]2C(C)(C)CCC[C@]2(C)[C@H]1CCC(C)/C=C/CC(=O)O.CC(=O)O. The summed E-state index contributed by atoms with van der Waals surface area (Å²) in [6.45, 7) is 15.2. The number of carboxylic acids is 2. The van der Waals surface area contributed by atoms with E-state index in [0.717, 1.165) is 19.3 Å². The fraction of sp³-hybridized carbons (Fsp3) is 0.750. The van der Waals surface area contributed by atoms with Crippen LogP contribution < -0.4 is 0 Å². The summed E-state index contributed by atoms with van der Waals surface area (Å²) in [6.07, 6.45) is 12.9. The van der Waals surface area contributed by atoms with Crippen LogP contribution in [0.3, 0.4) is 0 Å². The van der Waals surface area contributed by atoms with E-state index in [2.05, 4.69) is 40.3 Å². The minimum Gasteiger partial charge on any atom is -0.481 e. The molecule has 0 heterocycles. The third-order valence-corrected chi connectivity index (χ3v) is 6.99. The maximum Gasteiger partial charge on any atom is 0.307 e. The molecule has 0 saturated heterocycles. The molecule has 28 heavy (non-hydrogen) atoms. The molecular formula is C24H40O4. The van der Waals surface area contributed by atoms with E-state index in [9.17, 15) is 4.79 Å². The van der Waals surface area contributed by atoms with Gasteiger partial charge in [-0.1, -0.05) is 58.4 Å². The molecule has 2 rings (SSSR count). The first kappa shape index (κ1) is 24.5. The predicted octanol–water partition coefficient (Wildman–Crippen LogP) is 6.32. The van der Waals surface area contributed by atoms with Gasteiger partial charge in [-0.05, 0) is 67.1 Å². The Balaban J connectivity index is 0.000000892. The zero-order chi connectivity index (χ0) is 21.5. The van der Waals surface area contributed by atoms with Crippen LogP contribution in [0.15, 0.2) is 24.3 Å². The topological polar surface area (TPSA) is 74.6 Å². The number of carboxylic acid groups (broad SMARTS) is 2. The summed E-state index contributed by atoms with van der Waals surface area (Å²) < 4.78 is 0. The van der Waals surface area contributed by atoms with E-state index in [1.807, 2.05) is 0 Å². The summed E-state index contributed by atoms with van der Waals surface area (Å²) in [4.78, 5) is 19.6. The van der Waals surface area contributed by atoms with E-state index in [-0.39, 0.29) is 6.42 Å². The van der Waals surface area contributed by atoms with Crippen molar-refractivity contribution in [2.75, 3.05) is 0 Å². The minimum atomic E-state index is -0.833. The van der Waals surface area contributed by atoms with Crippen molar-refractivity contribution in [3.63, 3.8) is 0 Å². The molecule has 2 aliphatic carbocycles. The van der Waals surface area contributed by atoms with Gasteiger partial charge in [0.1, 0.15) is 0 Å². The lowest BCUT2D eigenvalue weighted by Gasteiger charge is -2.58. The van der Waals surface area contributed by atoms with Crippen LogP contribution in [0.4, 0.5) is 0 Å². The number of aliphatic carboxylic acids is 2. The second kappa shape index (κ2) is 10.3. The highest BCUT2D eigenvalue weighted by molar-refractivity contribution is 5.68. The Morgan fingerprint density at radius 1 is 1.25 bits per heavy atom. The zero-order valence-electron chi connectivity index (χ0n) is 18.5. The van der Waals surface area contributed by atoms with Crippen molar-refractivity contribution in [1.29, 1.82) is 0 Å². The molecule has 160 valence electrons. The smallest absolute Gasteiger partial charge is 0.307 e. The third kappa shape index (κ3) is 6.79. The van der Waals surface area contributed by atoms with Crippen molar-refractivity contribution >= 4 is 11.9 Å². The summed E-state index contributed by atoms with van der Waals surface area (Å²) in [5.41, 5.74) is 2.33. The first-order valence-corrected chi connectivity index (χ1v) is 10.7. The lowest BCUT2D eigenvalue weighted by molar-refractivity contribution is -0.136. The zero-order valence-corrected chi connectivity index (χ0v) is 18.5. The minimum absolute atomic E-state index is 0.133. The van der Waals surface area contributed by atoms with Gasteiger partial charge in [0.2, 0.25) is 0 Å². The van der Waals surface area contributed by atoms with Crippen LogP contribution in [0, 0.1) is 28.6 Å². The maximum atomic E-state index is 10.6. The third-order valence-electron chi connectivity index (χ3n) is 6.99. The van der Waals surface area contributed by atoms with Crippen molar-refractivity contribution < 1.29 is 19.8 Å². The van der Waals surface area contributed by atoms with E-state index < -0.39 is 11.9 Å². The number of hydrogen-bond donors (Lipinski definition) is 2. The van der Waals surface area contributed by atoms with E-state index in [0.29, 0.717) is 22.7 Å². The molecule has 2 N–H and O–H groups in total. The highest BCUT2D eigenvalue weighted by Gasteiger charge is 2.52. The summed E-state index contributed by atoms with van der Waals surface area (Å²) in [6, 6.07) is 0. The molecule has 0 aliphatic heterocycles. The van der Waals surface area contributed by atoms with Gasteiger partial charge in [0.15, 0.2) is 0 Å². The van der Waals surface area contributed by atoms with Crippen LogP contribution in [0.25, 0.3) is 0 Å². The highest BCUT2D eigenvalue weighted by Crippen LogP contribution is 2.61. The van der Waals surface area contributed by atoms with Gasteiger partial charge in [0.05, 0.1) is 6.42 Å². The average Bonchev–Trinajstić information content (AvgIpc) is 2.52. The number of rotatable bonds is 6. The van der Waals surface area contributed by atoms with Crippen LogP contribution in [0.2, 0.25) is 0 Å². The van der Waals surface area contributed by atoms with Gasteiger partial charge >= 0.3 is 5.97 Å². The highest BCUT2D eigenvalue weighted by atomic mass is 16.4. The maximum absolute atomic E-state index is 10.6. The van der Waals surface area contributed by atoms with Gasteiger partial charge in [-0.3, -0.25) is 9.59 Å². The molecule has 4 nitrogen and oxygen atoms in total. The molecule has 2 aliphatic rings. The molecule has 0 aromatic carbocycles. The monoisotopic (exact) mass is 392 g/mol.